The quantitative estimate of drug-likeness (QED) is 0.548. The van der Waals surface area contributed by atoms with Gasteiger partial charge in [0.2, 0.25) is 0 Å². The minimum absolute atomic E-state index is 0.0870. The van der Waals surface area contributed by atoms with E-state index in [4.69, 9.17) is 19.7 Å². The second-order valence-electron chi connectivity index (χ2n) is 3.81. The molecule has 0 saturated carbocycles. The maximum Gasteiger partial charge on any atom is 0.0701 e. The van der Waals surface area contributed by atoms with E-state index in [9.17, 15) is 0 Å². The zero-order chi connectivity index (χ0) is 14.1. The molecule has 0 aromatic heterocycles. The monoisotopic (exact) mass is 266 g/mol. The lowest BCUT2D eigenvalue weighted by Gasteiger charge is -2.11. The SMILES string of the molecule is CCC(CC)COCCO.COCCOCCO. The van der Waals surface area contributed by atoms with Crippen LogP contribution in [-0.4, -0.2) is 63.6 Å². The number of aliphatic hydroxyl groups is 2. The molecule has 18 heavy (non-hydrogen) atoms. The van der Waals surface area contributed by atoms with Crippen molar-refractivity contribution in [2.75, 3.05) is 53.4 Å². The fourth-order valence-electron chi connectivity index (χ4n) is 1.15. The van der Waals surface area contributed by atoms with Crippen molar-refractivity contribution in [2.45, 2.75) is 26.7 Å². The fraction of sp³-hybridized carbons (Fsp3) is 1.00. The van der Waals surface area contributed by atoms with Crippen molar-refractivity contribution in [3.63, 3.8) is 0 Å². The summed E-state index contributed by atoms with van der Waals surface area (Å²) in [4.78, 5) is 0. The van der Waals surface area contributed by atoms with Gasteiger partial charge in [-0.2, -0.15) is 0 Å². The van der Waals surface area contributed by atoms with Crippen LogP contribution < -0.4 is 0 Å². The van der Waals surface area contributed by atoms with Gasteiger partial charge in [-0.1, -0.05) is 26.7 Å². The first kappa shape index (κ1) is 20.1. The van der Waals surface area contributed by atoms with Gasteiger partial charge in [-0.3, -0.25) is 0 Å². The molecule has 0 aliphatic carbocycles. The molecule has 0 unspecified atom stereocenters. The molecule has 0 spiro atoms. The van der Waals surface area contributed by atoms with E-state index in [1.165, 1.54) is 12.8 Å². The van der Waals surface area contributed by atoms with Crippen LogP contribution in [0.3, 0.4) is 0 Å². The molecule has 0 bridgehead atoms. The highest BCUT2D eigenvalue weighted by atomic mass is 16.5. The zero-order valence-electron chi connectivity index (χ0n) is 12.1. The summed E-state index contributed by atoms with van der Waals surface area (Å²) in [6.45, 7) is 7.40. The van der Waals surface area contributed by atoms with Crippen molar-refractivity contribution in [3.8, 4) is 0 Å². The van der Waals surface area contributed by atoms with Gasteiger partial charge in [-0.25, -0.2) is 0 Å². The average molecular weight is 266 g/mol. The van der Waals surface area contributed by atoms with Crippen LogP contribution in [0.15, 0.2) is 0 Å². The first-order valence-corrected chi connectivity index (χ1v) is 6.62. The number of methoxy groups -OCH3 is 1. The second kappa shape index (κ2) is 19.1. The summed E-state index contributed by atoms with van der Waals surface area (Å²) in [5, 5.41) is 16.6. The molecule has 5 nitrogen and oxygen atoms in total. The zero-order valence-corrected chi connectivity index (χ0v) is 12.1. The molecule has 0 rings (SSSR count). The summed E-state index contributed by atoms with van der Waals surface area (Å²) in [6, 6.07) is 0. The largest absolute Gasteiger partial charge is 0.394 e. The van der Waals surface area contributed by atoms with Crippen LogP contribution in [0.1, 0.15) is 26.7 Å². The summed E-state index contributed by atoms with van der Waals surface area (Å²) >= 11 is 0. The third-order valence-electron chi connectivity index (χ3n) is 2.41. The summed E-state index contributed by atoms with van der Waals surface area (Å²) in [5.41, 5.74) is 0. The maximum absolute atomic E-state index is 8.40. The minimum Gasteiger partial charge on any atom is -0.394 e. The Morgan fingerprint density at radius 1 is 0.833 bits per heavy atom. The van der Waals surface area contributed by atoms with E-state index in [1.54, 1.807) is 7.11 Å². The van der Waals surface area contributed by atoms with Gasteiger partial charge >= 0.3 is 0 Å². The van der Waals surface area contributed by atoms with Crippen LogP contribution in [-0.2, 0) is 14.2 Å². The molecular weight excluding hydrogens is 236 g/mol. The molecule has 0 aromatic rings. The molecule has 2 N–H and O–H groups in total. The van der Waals surface area contributed by atoms with Crippen LogP contribution in [0.25, 0.3) is 0 Å². The number of hydrogen-bond acceptors (Lipinski definition) is 5. The smallest absolute Gasteiger partial charge is 0.0701 e. The van der Waals surface area contributed by atoms with Gasteiger partial charge in [0.05, 0.1) is 39.6 Å². The lowest BCUT2D eigenvalue weighted by Crippen LogP contribution is -2.09. The molecule has 5 heteroatoms. The van der Waals surface area contributed by atoms with Crippen LogP contribution in [0.5, 0.6) is 0 Å². The van der Waals surface area contributed by atoms with Crippen LogP contribution >= 0.6 is 0 Å². The standard InChI is InChI=1S/C8H18O2.C5H12O3/c1-3-8(4-2)7-10-6-5-9;1-7-4-5-8-3-2-6/h8-9H,3-7H2,1-2H3;6H,2-5H2,1H3. The molecule has 0 aliphatic heterocycles. The highest BCUT2D eigenvalue weighted by Crippen LogP contribution is 2.06. The molecule has 0 fully saturated rings. The molecule has 0 saturated heterocycles. The lowest BCUT2D eigenvalue weighted by molar-refractivity contribution is 0.0500. The highest BCUT2D eigenvalue weighted by Gasteiger charge is 2.01. The van der Waals surface area contributed by atoms with E-state index in [2.05, 4.69) is 18.6 Å². The highest BCUT2D eigenvalue weighted by molar-refractivity contribution is 4.51. The number of rotatable bonds is 11. The van der Waals surface area contributed by atoms with Crippen LogP contribution in [0.4, 0.5) is 0 Å². The number of hydrogen-bond donors (Lipinski definition) is 2. The molecule has 112 valence electrons. The van der Waals surface area contributed by atoms with Gasteiger partial charge in [0.15, 0.2) is 0 Å². The third-order valence-corrected chi connectivity index (χ3v) is 2.41. The topological polar surface area (TPSA) is 68.2 Å². The Morgan fingerprint density at radius 2 is 1.39 bits per heavy atom. The molecule has 0 aliphatic rings. The first-order chi connectivity index (χ1) is 8.76. The number of ether oxygens (including phenoxy) is 3. The van der Waals surface area contributed by atoms with Gasteiger partial charge in [0.25, 0.3) is 0 Å². The third kappa shape index (κ3) is 18.2. The van der Waals surface area contributed by atoms with Gasteiger partial charge < -0.3 is 24.4 Å². The molecule has 0 amide bonds. The predicted molar refractivity (Wildman–Crippen MR) is 71.8 cm³/mol. The van der Waals surface area contributed by atoms with Crippen molar-refractivity contribution in [1.29, 1.82) is 0 Å². The number of aliphatic hydroxyl groups excluding tert-OH is 2. The Hall–Kier alpha value is -0.200. The maximum atomic E-state index is 8.40. The van der Waals surface area contributed by atoms with Crippen molar-refractivity contribution < 1.29 is 24.4 Å². The molecule has 0 atom stereocenters. The fourth-order valence-corrected chi connectivity index (χ4v) is 1.15. The summed E-state index contributed by atoms with van der Waals surface area (Å²) in [5.74, 6) is 0.673. The Balaban J connectivity index is 0. The molecular formula is C13H30O5. The summed E-state index contributed by atoms with van der Waals surface area (Å²) in [6.07, 6.45) is 2.34. The van der Waals surface area contributed by atoms with Crippen molar-refractivity contribution in [3.05, 3.63) is 0 Å². The average Bonchev–Trinajstić information content (AvgIpc) is 2.41. The van der Waals surface area contributed by atoms with E-state index < -0.39 is 0 Å². The Labute approximate surface area is 111 Å². The van der Waals surface area contributed by atoms with E-state index >= 15 is 0 Å². The Kier molecular flexibility index (Phi) is 21.4. The van der Waals surface area contributed by atoms with Crippen molar-refractivity contribution >= 4 is 0 Å². The van der Waals surface area contributed by atoms with Gasteiger partial charge in [-0.05, 0) is 5.92 Å². The Bertz CT molecular complexity index is 123. The molecule has 0 radical (unpaired) electrons. The van der Waals surface area contributed by atoms with E-state index in [0.29, 0.717) is 32.3 Å². The Morgan fingerprint density at radius 3 is 1.83 bits per heavy atom. The van der Waals surface area contributed by atoms with E-state index in [1.807, 2.05) is 0 Å². The predicted octanol–water partition coefficient (Wildman–Crippen LogP) is 1.07. The minimum atomic E-state index is 0.0870. The normalized spacial score (nSPS) is 10.3. The van der Waals surface area contributed by atoms with Gasteiger partial charge in [0.1, 0.15) is 0 Å². The van der Waals surface area contributed by atoms with E-state index in [-0.39, 0.29) is 13.2 Å². The van der Waals surface area contributed by atoms with Crippen molar-refractivity contribution in [1.82, 2.24) is 0 Å². The van der Waals surface area contributed by atoms with Crippen LogP contribution in [0, 0.1) is 5.92 Å². The summed E-state index contributed by atoms with van der Waals surface area (Å²) < 4.78 is 14.7. The summed E-state index contributed by atoms with van der Waals surface area (Å²) in [7, 11) is 1.61. The van der Waals surface area contributed by atoms with Gasteiger partial charge in [-0.15, -0.1) is 0 Å². The van der Waals surface area contributed by atoms with E-state index in [0.717, 1.165) is 6.61 Å². The first-order valence-electron chi connectivity index (χ1n) is 6.62. The second-order valence-corrected chi connectivity index (χ2v) is 3.81. The lowest BCUT2D eigenvalue weighted by atomic mass is 10.1. The van der Waals surface area contributed by atoms with Crippen LogP contribution in [0.2, 0.25) is 0 Å². The van der Waals surface area contributed by atoms with Gasteiger partial charge in [0, 0.05) is 13.7 Å². The molecule has 0 aromatic carbocycles. The molecule has 0 heterocycles. The van der Waals surface area contributed by atoms with Crippen molar-refractivity contribution in [2.24, 2.45) is 5.92 Å².